The first-order valence-electron chi connectivity index (χ1n) is 11.5. The monoisotopic (exact) mass is 637 g/mol. The van der Waals surface area contributed by atoms with Crippen LogP contribution in [0.3, 0.4) is 0 Å². The number of nitrogens with zero attached hydrogens (tertiary/aromatic N) is 1. The molecule has 4 aromatic carbocycles. The largest absolute Gasteiger partial charge is 0.0623 e. The summed E-state index contributed by atoms with van der Waals surface area (Å²) in [6.07, 6.45) is 0. The topological polar surface area (TPSA) is 0 Å². The van der Waals surface area contributed by atoms with Crippen LogP contribution in [0.5, 0.6) is 0 Å². The molecule has 1 nitrogen and oxygen atoms in total. The fourth-order valence-electron chi connectivity index (χ4n) is 4.21. The molecule has 4 aromatic rings. The van der Waals surface area contributed by atoms with E-state index in [0.29, 0.717) is 0 Å². The molecule has 0 aliphatic carbocycles. The fraction of sp³-hybridized carbons (Fsp3) is 0.103. The molecular weight excluding hydrogens is 608 g/mol. The SMILES string of the molecule is C[N+]1(C)Cc2ccccc2C(c2ccccc2)=C1c1ccccc1.F[P-](F)(F)(F)(F)F.[Ru].c1ccccc1. The molecule has 0 spiro atoms. The van der Waals surface area contributed by atoms with Gasteiger partial charge >= 0.3 is 33.0 Å². The molecule has 38 heavy (non-hydrogen) atoms. The van der Waals surface area contributed by atoms with Crippen LogP contribution in [0.15, 0.2) is 121 Å². The Bertz CT molecular complexity index is 1300. The number of hydrogen-bond donors (Lipinski definition) is 0. The standard InChI is InChI=1S/C23H22N.C6H6.F6P.Ru/c1-24(2)17-20-15-9-10-16-21(20)22(18-11-5-3-6-12-18)23(24)19-13-7-4-8-14-19;1-2-4-6-5-3-1;1-7(2,3,4,5)6;/h3-16H,17H2,1-2H3;1-6H;;/q+1;;-1;. The van der Waals surface area contributed by atoms with Crippen molar-refractivity contribution in [1.29, 1.82) is 0 Å². The molecule has 1 heterocycles. The quantitative estimate of drug-likeness (QED) is 0.0889. The Hall–Kier alpha value is -2.79. The number of rotatable bonds is 2. The van der Waals surface area contributed by atoms with E-state index in [4.69, 9.17) is 0 Å². The van der Waals surface area contributed by atoms with Crippen molar-refractivity contribution in [3.63, 3.8) is 0 Å². The molecule has 1 aliphatic rings. The van der Waals surface area contributed by atoms with Crippen molar-refractivity contribution in [2.24, 2.45) is 0 Å². The Morgan fingerprint density at radius 1 is 0.526 bits per heavy atom. The summed E-state index contributed by atoms with van der Waals surface area (Å²) in [5.74, 6) is 0. The van der Waals surface area contributed by atoms with Crippen molar-refractivity contribution < 1.29 is 49.1 Å². The molecule has 0 amide bonds. The number of benzene rings is 4. The van der Waals surface area contributed by atoms with Gasteiger partial charge in [0.2, 0.25) is 0 Å². The van der Waals surface area contributed by atoms with Gasteiger partial charge in [-0.3, -0.25) is 4.48 Å². The van der Waals surface area contributed by atoms with E-state index in [1.807, 2.05) is 36.4 Å². The van der Waals surface area contributed by atoms with Crippen molar-refractivity contribution >= 4 is 19.1 Å². The molecule has 9 heteroatoms. The summed E-state index contributed by atoms with van der Waals surface area (Å²) in [4.78, 5) is 0. The second kappa shape index (κ2) is 11.5. The zero-order valence-corrected chi connectivity index (χ0v) is 23.4. The zero-order valence-electron chi connectivity index (χ0n) is 20.8. The summed E-state index contributed by atoms with van der Waals surface area (Å²) in [6.45, 7) is 1.01. The smallest absolute Gasteiger partial charge is 0 e. The molecule has 5 rings (SSSR count). The molecule has 0 N–H and O–H groups in total. The molecule has 0 saturated heterocycles. The summed E-state index contributed by atoms with van der Waals surface area (Å²) in [5.41, 5.74) is 8.11. The van der Waals surface area contributed by atoms with E-state index < -0.39 is 7.81 Å². The number of hydrogen-bond acceptors (Lipinski definition) is 0. The van der Waals surface area contributed by atoms with Gasteiger partial charge in [0.05, 0.1) is 19.7 Å². The maximum atomic E-state index is 9.87. The van der Waals surface area contributed by atoms with Crippen LogP contribution >= 0.6 is 7.81 Å². The maximum absolute atomic E-state index is 10.7. The van der Waals surface area contributed by atoms with Gasteiger partial charge in [0.15, 0.2) is 0 Å². The van der Waals surface area contributed by atoms with Gasteiger partial charge in [-0.25, -0.2) is 0 Å². The van der Waals surface area contributed by atoms with E-state index >= 15 is 0 Å². The van der Waals surface area contributed by atoms with Gasteiger partial charge in [-0.15, -0.1) is 0 Å². The van der Waals surface area contributed by atoms with E-state index in [1.165, 1.54) is 33.5 Å². The number of halogens is 6. The van der Waals surface area contributed by atoms with Gasteiger partial charge in [-0.05, 0) is 23.3 Å². The van der Waals surface area contributed by atoms with Crippen LogP contribution in [0.25, 0.3) is 11.3 Å². The first-order chi connectivity index (χ1) is 17.1. The minimum atomic E-state index is -10.7. The summed E-state index contributed by atoms with van der Waals surface area (Å²) in [5, 5.41) is 0. The van der Waals surface area contributed by atoms with Crippen molar-refractivity contribution in [3.8, 4) is 0 Å². The van der Waals surface area contributed by atoms with Crippen LogP contribution in [-0.2, 0) is 26.0 Å². The average molecular weight is 637 g/mol. The molecule has 0 aromatic heterocycles. The Morgan fingerprint density at radius 2 is 0.868 bits per heavy atom. The summed E-state index contributed by atoms with van der Waals surface area (Å²) < 4.78 is 60.0. The predicted molar refractivity (Wildman–Crippen MR) is 141 cm³/mol. The van der Waals surface area contributed by atoms with E-state index in [-0.39, 0.29) is 19.5 Å². The van der Waals surface area contributed by atoms with E-state index in [9.17, 15) is 25.2 Å². The predicted octanol–water partition coefficient (Wildman–Crippen LogP) is 10.3. The third kappa shape index (κ3) is 10.5. The molecule has 0 radical (unpaired) electrons. The van der Waals surface area contributed by atoms with E-state index in [1.54, 1.807) is 0 Å². The van der Waals surface area contributed by atoms with Gasteiger partial charge in [-0.2, -0.15) is 0 Å². The minimum Gasteiger partial charge on any atom is -0.0623 e. The van der Waals surface area contributed by atoms with Crippen molar-refractivity contribution in [2.45, 2.75) is 6.54 Å². The molecule has 0 saturated carbocycles. The number of quaternary nitrogens is 1. The third-order valence-electron chi connectivity index (χ3n) is 5.47. The molecule has 1 aliphatic heterocycles. The van der Waals surface area contributed by atoms with Crippen LogP contribution in [0, 0.1) is 0 Å². The second-order valence-electron chi connectivity index (χ2n) is 9.07. The summed E-state index contributed by atoms with van der Waals surface area (Å²) in [6, 6.07) is 42.4. The van der Waals surface area contributed by atoms with Crippen LogP contribution in [-0.4, -0.2) is 18.6 Å². The van der Waals surface area contributed by atoms with Crippen LogP contribution in [0.1, 0.15) is 22.3 Å². The van der Waals surface area contributed by atoms with Gasteiger partial charge in [0, 0.05) is 30.6 Å². The maximum Gasteiger partial charge on any atom is 0 e. The summed E-state index contributed by atoms with van der Waals surface area (Å²) >= 11 is 0. The molecular formula is C29H28F6NPRu. The van der Waals surface area contributed by atoms with Gasteiger partial charge in [-0.1, -0.05) is 109 Å². The average Bonchev–Trinajstić information content (AvgIpc) is 2.83. The van der Waals surface area contributed by atoms with E-state index in [0.717, 1.165) is 11.0 Å². The van der Waals surface area contributed by atoms with Crippen LogP contribution in [0.4, 0.5) is 25.2 Å². The van der Waals surface area contributed by atoms with Gasteiger partial charge in [0.1, 0.15) is 12.2 Å². The fourth-order valence-corrected chi connectivity index (χ4v) is 4.21. The number of fused-ring (bicyclic) bond motifs is 1. The zero-order chi connectivity index (χ0) is 27.2. The van der Waals surface area contributed by atoms with Gasteiger partial charge in [0.25, 0.3) is 0 Å². The molecule has 0 unspecified atom stereocenters. The molecule has 204 valence electrons. The Balaban J connectivity index is 0.000000300. The molecule has 0 fully saturated rings. The summed E-state index contributed by atoms with van der Waals surface area (Å²) in [7, 11) is -6.04. The minimum absolute atomic E-state index is 0. The molecule has 0 bridgehead atoms. The Kier molecular flexibility index (Phi) is 9.54. The Labute approximate surface area is 232 Å². The third-order valence-corrected chi connectivity index (χ3v) is 5.47. The Morgan fingerprint density at radius 3 is 1.32 bits per heavy atom. The van der Waals surface area contributed by atoms with Crippen molar-refractivity contribution in [3.05, 3.63) is 144 Å². The van der Waals surface area contributed by atoms with Crippen LogP contribution in [0.2, 0.25) is 0 Å². The van der Waals surface area contributed by atoms with E-state index in [2.05, 4.69) is 99.0 Å². The van der Waals surface area contributed by atoms with Crippen molar-refractivity contribution in [2.75, 3.05) is 14.1 Å². The van der Waals surface area contributed by atoms with Gasteiger partial charge < -0.3 is 0 Å². The first kappa shape index (κ1) is 31.4. The second-order valence-corrected chi connectivity index (χ2v) is 11.0. The van der Waals surface area contributed by atoms with Crippen LogP contribution < -0.4 is 0 Å². The first-order valence-corrected chi connectivity index (χ1v) is 13.5. The normalized spacial score (nSPS) is 15.6. The molecule has 0 atom stereocenters. The van der Waals surface area contributed by atoms with Crippen molar-refractivity contribution in [1.82, 2.24) is 0 Å².